The van der Waals surface area contributed by atoms with Gasteiger partial charge in [0, 0.05) is 19.4 Å². The summed E-state index contributed by atoms with van der Waals surface area (Å²) in [7, 11) is 0. The highest BCUT2D eigenvalue weighted by molar-refractivity contribution is 6.01. The summed E-state index contributed by atoms with van der Waals surface area (Å²) in [6, 6.07) is 0. The smallest absolute Gasteiger partial charge is 0.227 e. The average Bonchev–Trinajstić information content (AvgIpc) is 2.17. The molecule has 1 heterocycles. The fraction of sp³-hybridized carbons (Fsp3) is 0.667. The molecule has 10 heavy (non-hydrogen) atoms. The average molecular weight is 145 g/mol. The number of imide groups is 1. The van der Waals surface area contributed by atoms with Crippen molar-refractivity contribution in [1.29, 1.82) is 0 Å². The topological polar surface area (TPSA) is 66.4 Å². The molecule has 1 aliphatic rings. The van der Waals surface area contributed by atoms with E-state index < -0.39 is 0 Å². The van der Waals surface area contributed by atoms with Gasteiger partial charge in [0.05, 0.1) is 0 Å². The summed E-state index contributed by atoms with van der Waals surface area (Å²) in [4.78, 5) is 20.2. The maximum Gasteiger partial charge on any atom is 0.227 e. The highest BCUT2D eigenvalue weighted by Gasteiger charge is 2.15. The van der Waals surface area contributed by atoms with Crippen molar-refractivity contribution >= 4 is 11.8 Å². The van der Waals surface area contributed by atoms with Crippen LogP contribution in [0.1, 0.15) is 19.8 Å². The highest BCUT2D eigenvalue weighted by Crippen LogP contribution is 1.95. The molecule has 0 aromatic rings. The van der Waals surface area contributed by atoms with Crippen molar-refractivity contribution in [3.05, 3.63) is 0 Å². The summed E-state index contributed by atoms with van der Waals surface area (Å²) >= 11 is 0. The minimum Gasteiger partial charge on any atom is -0.397 e. The fourth-order valence-electron chi connectivity index (χ4n) is 0.508. The Balaban J connectivity index is 0.000000236. The molecular formula is C6H11NO3. The lowest BCUT2D eigenvalue weighted by atomic mass is 10.4. The predicted molar refractivity (Wildman–Crippen MR) is 35.1 cm³/mol. The second kappa shape index (κ2) is 4.93. The summed E-state index contributed by atoms with van der Waals surface area (Å²) in [6.45, 7) is 1.93. The van der Waals surface area contributed by atoms with E-state index in [-0.39, 0.29) is 18.4 Å². The number of carbonyl (C=O) groups is 2. The zero-order valence-electron chi connectivity index (χ0n) is 5.89. The van der Waals surface area contributed by atoms with E-state index in [9.17, 15) is 9.59 Å². The largest absolute Gasteiger partial charge is 0.397 e. The number of rotatable bonds is 0. The van der Waals surface area contributed by atoms with Crippen LogP contribution in [0.4, 0.5) is 0 Å². The third-order valence-electron chi connectivity index (χ3n) is 0.858. The Morgan fingerprint density at radius 1 is 1.40 bits per heavy atom. The molecule has 58 valence electrons. The molecule has 1 aliphatic heterocycles. The lowest BCUT2D eigenvalue weighted by Gasteiger charge is -1.79. The monoisotopic (exact) mass is 145 g/mol. The Labute approximate surface area is 59.2 Å². The second-order valence-corrected chi connectivity index (χ2v) is 1.79. The van der Waals surface area contributed by atoms with Crippen molar-refractivity contribution < 1.29 is 14.7 Å². The maximum absolute atomic E-state index is 10.1. The van der Waals surface area contributed by atoms with Gasteiger partial charge in [-0.15, -0.1) is 0 Å². The molecule has 0 spiro atoms. The van der Waals surface area contributed by atoms with Crippen molar-refractivity contribution in [3.8, 4) is 0 Å². The zero-order valence-corrected chi connectivity index (χ0v) is 5.89. The highest BCUT2D eigenvalue weighted by atomic mass is 16.2. The Morgan fingerprint density at radius 3 is 1.80 bits per heavy atom. The van der Waals surface area contributed by atoms with E-state index in [1.165, 1.54) is 0 Å². The second-order valence-electron chi connectivity index (χ2n) is 1.79. The number of hydrogen-bond acceptors (Lipinski definition) is 3. The van der Waals surface area contributed by atoms with E-state index in [0.29, 0.717) is 12.8 Å². The van der Waals surface area contributed by atoms with E-state index in [4.69, 9.17) is 5.11 Å². The standard InChI is InChI=1S/C4H5NO2.C2H6O/c6-3-1-2-4(7)5-3;1-2-3/h1-2H2,(H,5,6,7);3H,2H2,1H3. The molecule has 2 amide bonds. The molecule has 0 unspecified atom stereocenters. The first kappa shape index (κ1) is 9.10. The number of carbonyl (C=O) groups excluding carboxylic acids is 2. The van der Waals surface area contributed by atoms with E-state index in [1.54, 1.807) is 6.92 Å². The van der Waals surface area contributed by atoms with Crippen molar-refractivity contribution in [2.75, 3.05) is 6.61 Å². The molecule has 4 heteroatoms. The van der Waals surface area contributed by atoms with Gasteiger partial charge >= 0.3 is 0 Å². The van der Waals surface area contributed by atoms with Gasteiger partial charge in [0.15, 0.2) is 0 Å². The van der Waals surface area contributed by atoms with Crippen molar-refractivity contribution in [3.63, 3.8) is 0 Å². The van der Waals surface area contributed by atoms with Crippen LogP contribution in [0, 0.1) is 0 Å². The molecule has 4 nitrogen and oxygen atoms in total. The van der Waals surface area contributed by atoms with Gasteiger partial charge in [-0.1, -0.05) is 0 Å². The third-order valence-corrected chi connectivity index (χ3v) is 0.858. The van der Waals surface area contributed by atoms with Crippen LogP contribution in [0.2, 0.25) is 0 Å². The van der Waals surface area contributed by atoms with Gasteiger partial charge in [-0.2, -0.15) is 0 Å². The molecule has 0 bridgehead atoms. The van der Waals surface area contributed by atoms with Crippen LogP contribution in [0.3, 0.4) is 0 Å². The Kier molecular flexibility index (Phi) is 4.49. The first-order valence-corrected chi connectivity index (χ1v) is 3.14. The summed E-state index contributed by atoms with van der Waals surface area (Å²) in [6.07, 6.45) is 0.748. The van der Waals surface area contributed by atoms with Crippen LogP contribution >= 0.6 is 0 Å². The zero-order chi connectivity index (χ0) is 7.98. The number of amides is 2. The number of hydrogen-bond donors (Lipinski definition) is 2. The quantitative estimate of drug-likeness (QED) is 0.448. The lowest BCUT2D eigenvalue weighted by Crippen LogP contribution is -2.18. The van der Waals surface area contributed by atoms with Crippen LogP contribution in [-0.4, -0.2) is 23.5 Å². The molecular weight excluding hydrogens is 134 g/mol. The molecule has 0 aromatic carbocycles. The molecule has 0 radical (unpaired) electrons. The van der Waals surface area contributed by atoms with Gasteiger partial charge < -0.3 is 5.11 Å². The van der Waals surface area contributed by atoms with E-state index in [0.717, 1.165) is 0 Å². The van der Waals surface area contributed by atoms with Crippen LogP contribution in [0.15, 0.2) is 0 Å². The number of nitrogens with one attached hydrogen (secondary N) is 1. The summed E-state index contributed by atoms with van der Waals surface area (Å²) in [5.41, 5.74) is 0. The van der Waals surface area contributed by atoms with E-state index >= 15 is 0 Å². The summed E-state index contributed by atoms with van der Waals surface area (Å²) < 4.78 is 0. The minimum absolute atomic E-state index is 0.148. The maximum atomic E-state index is 10.1. The van der Waals surface area contributed by atoms with Crippen molar-refractivity contribution in [1.82, 2.24) is 5.32 Å². The van der Waals surface area contributed by atoms with Crippen LogP contribution in [-0.2, 0) is 9.59 Å². The molecule has 1 saturated heterocycles. The van der Waals surface area contributed by atoms with Gasteiger partial charge in [0.1, 0.15) is 0 Å². The molecule has 0 atom stereocenters. The van der Waals surface area contributed by atoms with Crippen LogP contribution in [0.5, 0.6) is 0 Å². The fourth-order valence-corrected chi connectivity index (χ4v) is 0.508. The van der Waals surface area contributed by atoms with Gasteiger partial charge in [0.2, 0.25) is 11.8 Å². The van der Waals surface area contributed by atoms with Crippen molar-refractivity contribution in [2.24, 2.45) is 0 Å². The third kappa shape index (κ3) is 4.03. The van der Waals surface area contributed by atoms with Gasteiger partial charge in [-0.3, -0.25) is 14.9 Å². The molecule has 0 saturated carbocycles. The molecule has 2 N–H and O–H groups in total. The van der Waals surface area contributed by atoms with E-state index in [1.807, 2.05) is 0 Å². The summed E-state index contributed by atoms with van der Waals surface area (Å²) in [5.74, 6) is -0.296. The van der Waals surface area contributed by atoms with Gasteiger partial charge in [-0.25, -0.2) is 0 Å². The van der Waals surface area contributed by atoms with Crippen LogP contribution < -0.4 is 5.32 Å². The van der Waals surface area contributed by atoms with Crippen molar-refractivity contribution in [2.45, 2.75) is 19.8 Å². The minimum atomic E-state index is -0.148. The SMILES string of the molecule is CCO.O=C1CCC(=O)N1. The summed E-state index contributed by atoms with van der Waals surface area (Å²) in [5, 5.41) is 9.71. The Morgan fingerprint density at radius 2 is 1.70 bits per heavy atom. The lowest BCUT2D eigenvalue weighted by molar-refractivity contribution is -0.124. The van der Waals surface area contributed by atoms with Gasteiger partial charge in [-0.05, 0) is 6.92 Å². The van der Waals surface area contributed by atoms with Crippen LogP contribution in [0.25, 0.3) is 0 Å². The molecule has 1 fully saturated rings. The predicted octanol–water partition coefficient (Wildman–Crippen LogP) is -0.578. The van der Waals surface area contributed by atoms with E-state index in [2.05, 4.69) is 5.32 Å². The van der Waals surface area contributed by atoms with Gasteiger partial charge in [0.25, 0.3) is 0 Å². The molecule has 0 aromatic heterocycles. The number of aliphatic hydroxyl groups excluding tert-OH is 1. The Hall–Kier alpha value is -0.900. The Bertz CT molecular complexity index is 119. The molecule has 1 rings (SSSR count). The number of aliphatic hydroxyl groups is 1. The normalized spacial score (nSPS) is 15.8. The first-order valence-electron chi connectivity index (χ1n) is 3.14. The first-order chi connectivity index (χ1) is 4.70. The molecule has 0 aliphatic carbocycles.